The van der Waals surface area contributed by atoms with Gasteiger partial charge in [0.25, 0.3) is 0 Å². The van der Waals surface area contributed by atoms with Gasteiger partial charge in [0.15, 0.2) is 0 Å². The van der Waals surface area contributed by atoms with Crippen LogP contribution in [0.25, 0.3) is 11.3 Å². The van der Waals surface area contributed by atoms with Gasteiger partial charge in [-0.15, -0.1) is 0 Å². The van der Waals surface area contributed by atoms with Gasteiger partial charge in [-0.25, -0.2) is 0 Å². The van der Waals surface area contributed by atoms with Gasteiger partial charge in [-0.3, -0.25) is 5.10 Å². The lowest BCUT2D eigenvalue weighted by Gasteiger charge is -2.46. The van der Waals surface area contributed by atoms with Crippen LogP contribution >= 0.6 is 0 Å². The molecule has 1 aromatic heterocycles. The van der Waals surface area contributed by atoms with Gasteiger partial charge in [0, 0.05) is 16.8 Å². The maximum absolute atomic E-state index is 4.21. The van der Waals surface area contributed by atoms with E-state index in [1.165, 1.54) is 41.8 Å². The number of H-pyrrole nitrogens is 1. The maximum atomic E-state index is 4.21. The predicted molar refractivity (Wildman–Crippen MR) is 63.2 cm³/mol. The minimum absolute atomic E-state index is 0.163. The minimum Gasteiger partial charge on any atom is -0.375 e. The van der Waals surface area contributed by atoms with Crippen LogP contribution in [0, 0.1) is 0 Å². The lowest BCUT2D eigenvalue weighted by molar-refractivity contribution is 0.283. The maximum Gasteiger partial charge on any atom is 0.0726 e. The Morgan fingerprint density at radius 2 is 2.06 bits per heavy atom. The van der Waals surface area contributed by atoms with Crippen LogP contribution in [-0.2, 0) is 5.54 Å². The predicted octanol–water partition coefficient (Wildman–Crippen LogP) is 2.88. The zero-order chi connectivity index (χ0) is 10.6. The first-order chi connectivity index (χ1) is 7.89. The van der Waals surface area contributed by atoms with Crippen LogP contribution in [0.4, 0.5) is 5.69 Å². The molecule has 0 amide bonds. The number of fused-ring (bicyclic) bond motifs is 4. The van der Waals surface area contributed by atoms with Crippen molar-refractivity contribution < 1.29 is 0 Å². The summed E-state index contributed by atoms with van der Waals surface area (Å²) >= 11 is 0. The van der Waals surface area contributed by atoms with Gasteiger partial charge in [0.05, 0.1) is 17.4 Å². The molecule has 0 atom stereocenters. The van der Waals surface area contributed by atoms with Gasteiger partial charge >= 0.3 is 0 Å². The fourth-order valence-corrected chi connectivity index (χ4v) is 2.91. The molecule has 0 bridgehead atoms. The molecule has 1 fully saturated rings. The molecule has 2 N–H and O–H groups in total. The average Bonchev–Trinajstić information content (AvgIpc) is 2.75. The zero-order valence-corrected chi connectivity index (χ0v) is 8.96. The first-order valence-electron chi connectivity index (χ1n) is 5.80. The molecule has 1 aromatic carbocycles. The molecule has 16 heavy (non-hydrogen) atoms. The third kappa shape index (κ3) is 0.865. The van der Waals surface area contributed by atoms with Crippen LogP contribution in [0.2, 0.25) is 0 Å². The number of aromatic amines is 1. The summed E-state index contributed by atoms with van der Waals surface area (Å²) in [5.74, 6) is 0. The summed E-state index contributed by atoms with van der Waals surface area (Å²) in [5, 5.41) is 11.1. The van der Waals surface area contributed by atoms with Gasteiger partial charge in [-0.05, 0) is 25.3 Å². The van der Waals surface area contributed by atoms with Gasteiger partial charge in [0.1, 0.15) is 0 Å². The zero-order valence-electron chi connectivity index (χ0n) is 8.96. The lowest BCUT2D eigenvalue weighted by Crippen LogP contribution is -2.43. The van der Waals surface area contributed by atoms with Crippen LogP contribution in [0.3, 0.4) is 0 Å². The molecule has 3 nitrogen and oxygen atoms in total. The Morgan fingerprint density at radius 3 is 2.88 bits per heavy atom. The number of aromatic nitrogens is 2. The molecular formula is C13H13N3. The summed E-state index contributed by atoms with van der Waals surface area (Å²) in [5.41, 5.74) is 5.19. The van der Waals surface area contributed by atoms with Crippen LogP contribution in [0.15, 0.2) is 30.5 Å². The van der Waals surface area contributed by atoms with Crippen LogP contribution in [0.1, 0.15) is 24.8 Å². The molecular weight excluding hydrogens is 198 g/mol. The fraction of sp³-hybridized carbons (Fsp3) is 0.308. The first kappa shape index (κ1) is 8.39. The van der Waals surface area contributed by atoms with E-state index in [2.05, 4.69) is 39.8 Å². The summed E-state index contributed by atoms with van der Waals surface area (Å²) in [7, 11) is 0. The van der Waals surface area contributed by atoms with E-state index in [9.17, 15) is 0 Å². The minimum atomic E-state index is 0.163. The number of benzene rings is 1. The normalized spacial score (nSPS) is 19.5. The number of nitrogens with one attached hydrogen (secondary N) is 2. The van der Waals surface area contributed by atoms with Gasteiger partial charge in [-0.1, -0.05) is 18.2 Å². The van der Waals surface area contributed by atoms with Crippen molar-refractivity contribution in [1.82, 2.24) is 10.2 Å². The quantitative estimate of drug-likeness (QED) is 0.703. The fourth-order valence-electron chi connectivity index (χ4n) is 2.91. The van der Waals surface area contributed by atoms with Crippen molar-refractivity contribution in [3.05, 3.63) is 36.0 Å². The highest BCUT2D eigenvalue weighted by molar-refractivity contribution is 5.82. The van der Waals surface area contributed by atoms with E-state index in [1.807, 2.05) is 6.20 Å². The van der Waals surface area contributed by atoms with Crippen molar-refractivity contribution in [3.8, 4) is 11.3 Å². The molecule has 3 heteroatoms. The second kappa shape index (κ2) is 2.67. The Kier molecular flexibility index (Phi) is 1.40. The van der Waals surface area contributed by atoms with Crippen LogP contribution in [0.5, 0.6) is 0 Å². The highest BCUT2D eigenvalue weighted by atomic mass is 15.1. The third-order valence-corrected chi connectivity index (χ3v) is 3.93. The van der Waals surface area contributed by atoms with Crippen molar-refractivity contribution in [1.29, 1.82) is 0 Å². The van der Waals surface area contributed by atoms with E-state index in [4.69, 9.17) is 0 Å². The van der Waals surface area contributed by atoms with Crippen molar-refractivity contribution in [2.45, 2.75) is 24.8 Å². The molecule has 0 saturated heterocycles. The lowest BCUT2D eigenvalue weighted by atomic mass is 9.69. The number of nitrogens with zero attached hydrogens (tertiary/aromatic N) is 1. The topological polar surface area (TPSA) is 40.7 Å². The SMILES string of the molecule is c1ccc2c(c1)NC1(CCC1)c1cn[nH]c1-2. The smallest absolute Gasteiger partial charge is 0.0726 e. The first-order valence-corrected chi connectivity index (χ1v) is 5.80. The van der Waals surface area contributed by atoms with E-state index < -0.39 is 0 Å². The van der Waals surface area contributed by atoms with Crippen LogP contribution < -0.4 is 5.32 Å². The monoisotopic (exact) mass is 211 g/mol. The molecule has 0 unspecified atom stereocenters. The largest absolute Gasteiger partial charge is 0.375 e. The van der Waals surface area contributed by atoms with E-state index in [0.717, 1.165) is 0 Å². The highest BCUT2D eigenvalue weighted by Crippen LogP contribution is 2.51. The number of anilines is 1. The molecule has 1 saturated carbocycles. The Balaban J connectivity index is 2.00. The van der Waals surface area contributed by atoms with Crippen molar-refractivity contribution in [2.75, 3.05) is 5.32 Å². The van der Waals surface area contributed by atoms with Gasteiger partial charge in [-0.2, -0.15) is 5.10 Å². The second-order valence-corrected chi connectivity index (χ2v) is 4.76. The molecule has 2 aromatic rings. The Morgan fingerprint density at radius 1 is 1.19 bits per heavy atom. The summed E-state index contributed by atoms with van der Waals surface area (Å²) in [6.07, 6.45) is 5.72. The number of para-hydroxylation sites is 1. The second-order valence-electron chi connectivity index (χ2n) is 4.76. The van der Waals surface area contributed by atoms with Crippen molar-refractivity contribution in [3.63, 3.8) is 0 Å². The Labute approximate surface area is 93.9 Å². The third-order valence-electron chi connectivity index (χ3n) is 3.93. The summed E-state index contributed by atoms with van der Waals surface area (Å²) in [6, 6.07) is 8.45. The molecule has 0 radical (unpaired) electrons. The number of hydrogen-bond donors (Lipinski definition) is 2. The Hall–Kier alpha value is -1.77. The van der Waals surface area contributed by atoms with Gasteiger partial charge in [0.2, 0.25) is 0 Å². The summed E-state index contributed by atoms with van der Waals surface area (Å²) < 4.78 is 0. The molecule has 1 spiro atoms. The van der Waals surface area contributed by atoms with E-state index >= 15 is 0 Å². The standard InChI is InChI=1S/C13H13N3/c1-2-5-11-9(4-1)12-10(8-14-16-12)13(15-11)6-3-7-13/h1-2,4-5,8,15H,3,6-7H2,(H,14,16). The van der Waals surface area contributed by atoms with Crippen LogP contribution in [-0.4, -0.2) is 10.2 Å². The van der Waals surface area contributed by atoms with Gasteiger partial charge < -0.3 is 5.32 Å². The van der Waals surface area contributed by atoms with E-state index in [1.54, 1.807) is 0 Å². The van der Waals surface area contributed by atoms with E-state index in [-0.39, 0.29) is 5.54 Å². The molecule has 80 valence electrons. The molecule has 1 aliphatic carbocycles. The van der Waals surface area contributed by atoms with E-state index in [0.29, 0.717) is 0 Å². The molecule has 2 aliphatic rings. The molecule has 1 aliphatic heterocycles. The van der Waals surface area contributed by atoms with Crippen molar-refractivity contribution >= 4 is 5.69 Å². The molecule has 2 heterocycles. The van der Waals surface area contributed by atoms with Crippen molar-refractivity contribution in [2.24, 2.45) is 0 Å². The number of hydrogen-bond acceptors (Lipinski definition) is 2. The Bertz CT molecular complexity index is 552. The summed E-state index contributed by atoms with van der Waals surface area (Å²) in [4.78, 5) is 0. The number of rotatable bonds is 0. The highest BCUT2D eigenvalue weighted by Gasteiger charge is 2.44. The summed E-state index contributed by atoms with van der Waals surface area (Å²) in [6.45, 7) is 0. The average molecular weight is 211 g/mol. The molecule has 4 rings (SSSR count).